The van der Waals surface area contributed by atoms with Gasteiger partial charge in [0.05, 0.1) is 0 Å². The van der Waals surface area contributed by atoms with E-state index in [2.05, 4.69) is 31.1 Å². The quantitative estimate of drug-likeness (QED) is 0.819. The fourth-order valence-electron chi connectivity index (χ4n) is 3.99. The Bertz CT molecular complexity index is 248. The van der Waals surface area contributed by atoms with Crippen molar-refractivity contribution in [2.45, 2.75) is 64.8 Å². The van der Waals surface area contributed by atoms with E-state index in [1.165, 1.54) is 64.6 Å². The van der Waals surface area contributed by atoms with Crippen LogP contribution in [0.15, 0.2) is 0 Å². The van der Waals surface area contributed by atoms with Crippen LogP contribution in [-0.2, 0) is 0 Å². The molecule has 1 N–H and O–H groups in total. The van der Waals surface area contributed by atoms with Crippen molar-refractivity contribution in [1.29, 1.82) is 0 Å². The van der Waals surface area contributed by atoms with Crippen molar-refractivity contribution in [3.05, 3.63) is 0 Å². The highest BCUT2D eigenvalue weighted by molar-refractivity contribution is 4.79. The van der Waals surface area contributed by atoms with Gasteiger partial charge in [-0.15, -0.1) is 0 Å². The maximum atomic E-state index is 3.56. The predicted octanol–water partition coefficient (Wildman–Crippen LogP) is 3.52. The van der Waals surface area contributed by atoms with Crippen LogP contribution in [0.2, 0.25) is 0 Å². The van der Waals surface area contributed by atoms with E-state index in [1.807, 2.05) is 0 Å². The minimum absolute atomic E-state index is 0.862. The van der Waals surface area contributed by atoms with Gasteiger partial charge in [0.15, 0.2) is 0 Å². The first kappa shape index (κ1) is 15.3. The lowest BCUT2D eigenvalue weighted by atomic mass is 9.84. The number of piperidine rings is 1. The van der Waals surface area contributed by atoms with Gasteiger partial charge in [-0.3, -0.25) is 0 Å². The molecule has 0 bridgehead atoms. The van der Waals surface area contributed by atoms with Gasteiger partial charge in [-0.1, -0.05) is 26.7 Å². The van der Waals surface area contributed by atoms with E-state index in [0.29, 0.717) is 0 Å². The SMILES string of the molecule is CC1CCCC(N(C)CCC(C)C2CCCNC2)C1. The van der Waals surface area contributed by atoms with Gasteiger partial charge in [0.1, 0.15) is 0 Å². The van der Waals surface area contributed by atoms with Crippen LogP contribution < -0.4 is 5.32 Å². The van der Waals surface area contributed by atoms with Gasteiger partial charge in [0, 0.05) is 6.04 Å². The van der Waals surface area contributed by atoms with E-state index in [9.17, 15) is 0 Å². The minimum Gasteiger partial charge on any atom is -0.316 e. The Morgan fingerprint density at radius 2 is 2.05 bits per heavy atom. The Labute approximate surface area is 120 Å². The fourth-order valence-corrected chi connectivity index (χ4v) is 3.99. The Morgan fingerprint density at radius 1 is 1.21 bits per heavy atom. The second kappa shape index (κ2) is 7.64. The first-order valence-corrected chi connectivity index (χ1v) is 8.57. The topological polar surface area (TPSA) is 15.3 Å². The Kier molecular flexibility index (Phi) is 6.15. The van der Waals surface area contributed by atoms with E-state index < -0.39 is 0 Å². The highest BCUT2D eigenvalue weighted by Gasteiger charge is 2.24. The van der Waals surface area contributed by atoms with E-state index in [-0.39, 0.29) is 0 Å². The van der Waals surface area contributed by atoms with Gasteiger partial charge in [-0.25, -0.2) is 0 Å². The summed E-state index contributed by atoms with van der Waals surface area (Å²) >= 11 is 0. The highest BCUT2D eigenvalue weighted by atomic mass is 15.1. The standard InChI is InChI=1S/C17H34N2/c1-14-6-4-8-17(12-14)19(3)11-9-15(2)16-7-5-10-18-13-16/h14-18H,4-13H2,1-3H3. The lowest BCUT2D eigenvalue weighted by Gasteiger charge is -2.35. The molecule has 0 aromatic heterocycles. The molecule has 4 unspecified atom stereocenters. The van der Waals surface area contributed by atoms with Crippen molar-refractivity contribution in [3.8, 4) is 0 Å². The summed E-state index contributed by atoms with van der Waals surface area (Å²) in [6.07, 6.45) is 9.96. The zero-order chi connectivity index (χ0) is 13.7. The molecule has 0 aromatic carbocycles. The third-order valence-corrected chi connectivity index (χ3v) is 5.61. The maximum Gasteiger partial charge on any atom is 0.00947 e. The molecule has 1 heterocycles. The molecule has 4 atom stereocenters. The third kappa shape index (κ3) is 4.75. The predicted molar refractivity (Wildman–Crippen MR) is 83.4 cm³/mol. The third-order valence-electron chi connectivity index (χ3n) is 5.61. The Hall–Kier alpha value is -0.0800. The first-order valence-electron chi connectivity index (χ1n) is 8.57. The zero-order valence-electron chi connectivity index (χ0n) is 13.3. The van der Waals surface area contributed by atoms with Gasteiger partial charge in [0.25, 0.3) is 0 Å². The summed E-state index contributed by atoms with van der Waals surface area (Å²) in [6, 6.07) is 0.862. The molecule has 0 radical (unpaired) electrons. The number of nitrogens with zero attached hydrogens (tertiary/aromatic N) is 1. The van der Waals surface area contributed by atoms with Crippen molar-refractivity contribution in [1.82, 2.24) is 10.2 Å². The molecule has 2 heteroatoms. The molecule has 2 fully saturated rings. The largest absolute Gasteiger partial charge is 0.316 e. The Morgan fingerprint density at radius 3 is 2.74 bits per heavy atom. The molecular weight excluding hydrogens is 232 g/mol. The molecule has 1 saturated heterocycles. The van der Waals surface area contributed by atoms with Crippen LogP contribution in [0.1, 0.15) is 58.8 Å². The normalized spacial score (nSPS) is 34.4. The van der Waals surface area contributed by atoms with Gasteiger partial charge >= 0.3 is 0 Å². The molecular formula is C17H34N2. The summed E-state index contributed by atoms with van der Waals surface area (Å²) in [7, 11) is 2.36. The Balaban J connectivity index is 1.68. The average molecular weight is 266 g/mol. The van der Waals surface area contributed by atoms with Crippen LogP contribution in [0.5, 0.6) is 0 Å². The smallest absolute Gasteiger partial charge is 0.00947 e. The number of nitrogens with one attached hydrogen (secondary N) is 1. The molecule has 0 aromatic rings. The minimum atomic E-state index is 0.862. The van der Waals surface area contributed by atoms with Crippen LogP contribution in [0.25, 0.3) is 0 Å². The van der Waals surface area contributed by atoms with Crippen LogP contribution in [0, 0.1) is 17.8 Å². The molecule has 0 amide bonds. The van der Waals surface area contributed by atoms with Gasteiger partial charge < -0.3 is 10.2 Å². The molecule has 1 saturated carbocycles. The van der Waals surface area contributed by atoms with Crippen molar-refractivity contribution < 1.29 is 0 Å². The number of rotatable bonds is 5. The van der Waals surface area contributed by atoms with Crippen molar-refractivity contribution in [3.63, 3.8) is 0 Å². The molecule has 19 heavy (non-hydrogen) atoms. The molecule has 2 aliphatic rings. The van der Waals surface area contributed by atoms with E-state index in [4.69, 9.17) is 0 Å². The molecule has 2 rings (SSSR count). The molecule has 1 aliphatic heterocycles. The maximum absolute atomic E-state index is 3.56. The van der Waals surface area contributed by atoms with Crippen molar-refractivity contribution >= 4 is 0 Å². The second-order valence-electron chi connectivity index (χ2n) is 7.28. The summed E-state index contributed by atoms with van der Waals surface area (Å²) in [4.78, 5) is 2.66. The molecule has 1 aliphatic carbocycles. The highest BCUT2D eigenvalue weighted by Crippen LogP contribution is 2.28. The summed E-state index contributed by atoms with van der Waals surface area (Å²) in [5.74, 6) is 2.75. The van der Waals surface area contributed by atoms with Crippen LogP contribution in [0.3, 0.4) is 0 Å². The molecule has 112 valence electrons. The van der Waals surface area contributed by atoms with Gasteiger partial charge in [0.2, 0.25) is 0 Å². The van der Waals surface area contributed by atoms with Crippen LogP contribution in [-0.4, -0.2) is 37.6 Å². The van der Waals surface area contributed by atoms with Gasteiger partial charge in [-0.2, -0.15) is 0 Å². The summed E-state index contributed by atoms with van der Waals surface area (Å²) in [6.45, 7) is 8.69. The lowest BCUT2D eigenvalue weighted by Crippen LogP contribution is -2.38. The summed E-state index contributed by atoms with van der Waals surface area (Å²) < 4.78 is 0. The summed E-state index contributed by atoms with van der Waals surface area (Å²) in [5, 5.41) is 3.56. The van der Waals surface area contributed by atoms with E-state index in [1.54, 1.807) is 0 Å². The zero-order valence-corrected chi connectivity index (χ0v) is 13.3. The van der Waals surface area contributed by atoms with Crippen LogP contribution in [0.4, 0.5) is 0 Å². The van der Waals surface area contributed by atoms with E-state index in [0.717, 1.165) is 23.8 Å². The molecule has 2 nitrogen and oxygen atoms in total. The number of hydrogen-bond acceptors (Lipinski definition) is 2. The number of hydrogen-bond donors (Lipinski definition) is 1. The first-order chi connectivity index (χ1) is 9.16. The average Bonchev–Trinajstić information content (AvgIpc) is 2.45. The van der Waals surface area contributed by atoms with Crippen molar-refractivity contribution in [2.24, 2.45) is 17.8 Å². The van der Waals surface area contributed by atoms with Gasteiger partial charge in [-0.05, 0) is 76.5 Å². The molecule has 0 spiro atoms. The monoisotopic (exact) mass is 266 g/mol. The van der Waals surface area contributed by atoms with Crippen LogP contribution >= 0.6 is 0 Å². The summed E-state index contributed by atoms with van der Waals surface area (Å²) in [5.41, 5.74) is 0. The lowest BCUT2D eigenvalue weighted by molar-refractivity contribution is 0.147. The fraction of sp³-hybridized carbons (Fsp3) is 1.00. The van der Waals surface area contributed by atoms with Crippen molar-refractivity contribution in [2.75, 3.05) is 26.7 Å². The van der Waals surface area contributed by atoms with E-state index >= 15 is 0 Å². The second-order valence-corrected chi connectivity index (χ2v) is 7.28.